The lowest BCUT2D eigenvalue weighted by molar-refractivity contribution is -0.119. The second-order valence-electron chi connectivity index (χ2n) is 7.81. The average molecular weight is 288 g/mol. The van der Waals surface area contributed by atoms with Crippen molar-refractivity contribution in [1.29, 1.82) is 0 Å². The third-order valence-electron chi connectivity index (χ3n) is 6.86. The molecular weight excluding hydrogens is 256 g/mol. The summed E-state index contributed by atoms with van der Waals surface area (Å²) < 4.78 is 0. The highest BCUT2D eigenvalue weighted by Crippen LogP contribution is 2.61. The summed E-state index contributed by atoms with van der Waals surface area (Å²) in [5, 5.41) is 10.8. The summed E-state index contributed by atoms with van der Waals surface area (Å²) in [4.78, 5) is 0. The molecule has 21 heavy (non-hydrogen) atoms. The maximum Gasteiger partial charge on any atom is 0.0636 e. The Morgan fingerprint density at radius 1 is 1.48 bits per heavy atom. The lowest BCUT2D eigenvalue weighted by atomic mass is 9.46. The molecule has 0 aliphatic heterocycles. The monoisotopic (exact) mass is 288 g/mol. The van der Waals surface area contributed by atoms with Gasteiger partial charge in [0.05, 0.1) is 6.10 Å². The normalized spacial score (nSPS) is 44.0. The molecule has 0 spiro atoms. The molecule has 0 unspecified atom stereocenters. The molecule has 0 saturated heterocycles. The number of allylic oxidation sites excluding steroid dienone is 4. The van der Waals surface area contributed by atoms with Crippen LogP contribution in [0.3, 0.4) is 0 Å². The quantitative estimate of drug-likeness (QED) is 0.553. The molecule has 1 fully saturated rings. The zero-order valence-electron chi connectivity index (χ0n) is 14.4. The Morgan fingerprint density at radius 3 is 2.76 bits per heavy atom. The van der Waals surface area contributed by atoms with Gasteiger partial charge in [-0.05, 0) is 56.8 Å². The molecule has 0 radical (unpaired) electrons. The summed E-state index contributed by atoms with van der Waals surface area (Å²) in [6.07, 6.45) is 10.8. The van der Waals surface area contributed by atoms with Crippen molar-refractivity contribution in [2.24, 2.45) is 22.7 Å². The van der Waals surface area contributed by atoms with Crippen LogP contribution in [0, 0.1) is 22.7 Å². The van der Waals surface area contributed by atoms with Gasteiger partial charge in [-0.25, -0.2) is 0 Å². The van der Waals surface area contributed by atoms with Crippen LogP contribution < -0.4 is 0 Å². The van der Waals surface area contributed by atoms with Gasteiger partial charge in [-0.2, -0.15) is 0 Å². The minimum Gasteiger partial charge on any atom is -0.392 e. The molecule has 2 aliphatic rings. The topological polar surface area (TPSA) is 20.2 Å². The van der Waals surface area contributed by atoms with E-state index >= 15 is 0 Å². The van der Waals surface area contributed by atoms with E-state index in [1.165, 1.54) is 17.6 Å². The van der Waals surface area contributed by atoms with Crippen molar-refractivity contribution >= 4 is 0 Å². The first-order valence-corrected chi connectivity index (χ1v) is 8.41. The Labute approximate surface area is 130 Å². The van der Waals surface area contributed by atoms with E-state index in [0.29, 0.717) is 11.8 Å². The maximum atomic E-state index is 10.8. The number of aliphatic hydroxyl groups is 1. The predicted octanol–water partition coefficient (Wildman–Crippen LogP) is 5.28. The predicted molar refractivity (Wildman–Crippen MR) is 91.1 cm³/mol. The number of fused-ring (bicyclic) bond motifs is 1. The maximum absolute atomic E-state index is 10.8. The lowest BCUT2D eigenvalue weighted by Crippen LogP contribution is -2.56. The van der Waals surface area contributed by atoms with Crippen molar-refractivity contribution in [3.63, 3.8) is 0 Å². The number of rotatable bonds is 3. The van der Waals surface area contributed by atoms with Gasteiger partial charge in [0.1, 0.15) is 0 Å². The van der Waals surface area contributed by atoms with E-state index in [9.17, 15) is 5.11 Å². The largest absolute Gasteiger partial charge is 0.392 e. The van der Waals surface area contributed by atoms with Crippen molar-refractivity contribution in [2.75, 3.05) is 0 Å². The number of aliphatic hydroxyl groups excluding tert-OH is 1. The molecule has 5 atom stereocenters. The smallest absolute Gasteiger partial charge is 0.0636 e. The Hall–Kier alpha value is -0.820. The Bertz CT molecular complexity index is 472. The zero-order valence-corrected chi connectivity index (χ0v) is 14.4. The fourth-order valence-corrected chi connectivity index (χ4v) is 4.77. The molecule has 1 heteroatoms. The summed E-state index contributed by atoms with van der Waals surface area (Å²) in [6.45, 7) is 15.3. The van der Waals surface area contributed by atoms with Crippen LogP contribution in [0.2, 0.25) is 0 Å². The fraction of sp³-hybridized carbons (Fsp3) is 0.700. The van der Waals surface area contributed by atoms with Crippen molar-refractivity contribution in [2.45, 2.75) is 66.4 Å². The summed E-state index contributed by atoms with van der Waals surface area (Å²) >= 11 is 0. The second-order valence-corrected chi connectivity index (χ2v) is 7.81. The van der Waals surface area contributed by atoms with Crippen LogP contribution in [-0.4, -0.2) is 11.2 Å². The molecule has 0 bridgehead atoms. The van der Waals surface area contributed by atoms with E-state index in [4.69, 9.17) is 0 Å². The molecule has 2 aliphatic carbocycles. The Morgan fingerprint density at radius 2 is 2.14 bits per heavy atom. The van der Waals surface area contributed by atoms with Crippen LogP contribution in [0.15, 0.2) is 36.0 Å². The van der Waals surface area contributed by atoms with Crippen LogP contribution in [0.5, 0.6) is 0 Å². The molecule has 0 aromatic rings. The summed E-state index contributed by atoms with van der Waals surface area (Å²) in [5.41, 5.74) is 2.87. The van der Waals surface area contributed by atoms with Gasteiger partial charge < -0.3 is 5.11 Å². The van der Waals surface area contributed by atoms with E-state index < -0.39 is 0 Å². The first-order chi connectivity index (χ1) is 9.76. The number of hydrogen-bond donors (Lipinski definition) is 1. The van der Waals surface area contributed by atoms with Crippen molar-refractivity contribution < 1.29 is 5.11 Å². The second kappa shape index (κ2) is 5.76. The molecule has 1 N–H and O–H groups in total. The van der Waals surface area contributed by atoms with E-state index in [1.807, 2.05) is 6.08 Å². The molecule has 2 rings (SSSR count). The Kier molecular flexibility index (Phi) is 4.54. The zero-order chi connectivity index (χ0) is 15.8. The molecule has 1 nitrogen and oxygen atoms in total. The van der Waals surface area contributed by atoms with E-state index in [1.54, 1.807) is 0 Å². The van der Waals surface area contributed by atoms with E-state index in [2.05, 4.69) is 53.3 Å². The first-order valence-electron chi connectivity index (χ1n) is 8.41. The fourth-order valence-electron chi connectivity index (χ4n) is 4.77. The molecule has 0 heterocycles. The highest BCUT2D eigenvalue weighted by atomic mass is 16.3. The molecular formula is C20H32O. The summed E-state index contributed by atoms with van der Waals surface area (Å²) in [7, 11) is 0. The van der Waals surface area contributed by atoms with Crippen LogP contribution in [0.1, 0.15) is 60.3 Å². The summed E-state index contributed by atoms with van der Waals surface area (Å²) in [5.74, 6) is 1.10. The molecule has 0 aromatic heterocycles. The van der Waals surface area contributed by atoms with Crippen LogP contribution in [0.25, 0.3) is 0 Å². The van der Waals surface area contributed by atoms with Crippen LogP contribution >= 0.6 is 0 Å². The molecule has 0 aromatic carbocycles. The van der Waals surface area contributed by atoms with Gasteiger partial charge >= 0.3 is 0 Å². The Balaban J connectivity index is 2.41. The highest BCUT2D eigenvalue weighted by Gasteiger charge is 2.56. The standard InChI is InChI=1S/C20H32O/c1-7-14(2)11-12-19(5)16(4)13-18(21)20(6)15(3)9-8-10-17(19)20/h7,9,11,16-18,21H,1,8,10,12-13H2,2-6H3/b14-11+/t16-,17-,18-,19+,20+/m0/s1. The van der Waals surface area contributed by atoms with Gasteiger partial charge in [-0.15, -0.1) is 0 Å². The summed E-state index contributed by atoms with van der Waals surface area (Å²) in [6, 6.07) is 0. The van der Waals surface area contributed by atoms with Crippen molar-refractivity contribution in [3.8, 4) is 0 Å². The highest BCUT2D eigenvalue weighted by molar-refractivity contribution is 5.24. The third kappa shape index (κ3) is 2.54. The van der Waals surface area contributed by atoms with Crippen molar-refractivity contribution in [3.05, 3.63) is 36.0 Å². The molecule has 0 amide bonds. The molecule has 118 valence electrons. The van der Waals surface area contributed by atoms with Crippen LogP contribution in [-0.2, 0) is 0 Å². The van der Waals surface area contributed by atoms with Gasteiger partial charge in [0, 0.05) is 5.41 Å². The van der Waals surface area contributed by atoms with Crippen molar-refractivity contribution in [1.82, 2.24) is 0 Å². The number of hydrogen-bond acceptors (Lipinski definition) is 1. The first kappa shape index (κ1) is 16.5. The van der Waals surface area contributed by atoms with Gasteiger partial charge in [0.15, 0.2) is 0 Å². The average Bonchev–Trinajstić information content (AvgIpc) is 2.45. The molecule has 1 saturated carbocycles. The van der Waals surface area contributed by atoms with Gasteiger partial charge in [0.25, 0.3) is 0 Å². The van der Waals surface area contributed by atoms with Gasteiger partial charge in [-0.1, -0.05) is 56.7 Å². The van der Waals surface area contributed by atoms with E-state index in [0.717, 1.165) is 19.3 Å². The van der Waals surface area contributed by atoms with E-state index in [-0.39, 0.29) is 16.9 Å². The minimum absolute atomic E-state index is 0.0462. The van der Waals surface area contributed by atoms with Gasteiger partial charge in [-0.3, -0.25) is 0 Å². The minimum atomic E-state index is -0.202. The SMILES string of the molecule is C=C/C(C)=C/C[C@]1(C)[C@@H](C)C[C@H](O)[C@]2(C)C(C)=CCC[C@@H]12. The third-order valence-corrected chi connectivity index (χ3v) is 6.86. The van der Waals surface area contributed by atoms with Crippen LogP contribution in [0.4, 0.5) is 0 Å². The van der Waals surface area contributed by atoms with Gasteiger partial charge in [0.2, 0.25) is 0 Å². The lowest BCUT2D eigenvalue weighted by Gasteiger charge is -2.59.